The first-order chi connectivity index (χ1) is 15.6. The molecule has 0 unspecified atom stereocenters. The number of hydrogen-bond acceptors (Lipinski definition) is 6. The van der Waals surface area contributed by atoms with Crippen molar-refractivity contribution in [2.75, 3.05) is 6.61 Å². The molecular formula is C26H29NO6. The maximum Gasteiger partial charge on any atom is 0.336 e. The van der Waals surface area contributed by atoms with Crippen molar-refractivity contribution in [2.45, 2.75) is 52.6 Å². The topological polar surface area (TPSA) is 98.9 Å². The fourth-order valence-corrected chi connectivity index (χ4v) is 3.32. The minimum absolute atomic E-state index is 0.104. The van der Waals surface area contributed by atoms with Gasteiger partial charge in [-0.15, -0.1) is 0 Å². The molecule has 3 rings (SSSR count). The third-order valence-electron chi connectivity index (χ3n) is 4.85. The number of carboxylic acids is 1. The van der Waals surface area contributed by atoms with Gasteiger partial charge in [0.25, 0.3) is 0 Å². The summed E-state index contributed by atoms with van der Waals surface area (Å²) >= 11 is 0. The second kappa shape index (κ2) is 10.3. The molecule has 0 saturated heterocycles. The van der Waals surface area contributed by atoms with E-state index in [4.69, 9.17) is 13.9 Å². The van der Waals surface area contributed by atoms with Gasteiger partial charge in [-0.2, -0.15) is 0 Å². The number of esters is 1. The summed E-state index contributed by atoms with van der Waals surface area (Å²) in [5, 5.41) is 9.60. The van der Waals surface area contributed by atoms with Gasteiger partial charge in [-0.3, -0.25) is 4.79 Å². The van der Waals surface area contributed by atoms with E-state index >= 15 is 0 Å². The lowest BCUT2D eigenvalue weighted by molar-refractivity contribution is -0.154. The first kappa shape index (κ1) is 24.0. The van der Waals surface area contributed by atoms with E-state index in [1.165, 1.54) is 6.07 Å². The second-order valence-electron chi connectivity index (χ2n) is 8.70. The van der Waals surface area contributed by atoms with Crippen LogP contribution >= 0.6 is 0 Å². The van der Waals surface area contributed by atoms with Crippen molar-refractivity contribution in [1.82, 2.24) is 4.98 Å². The minimum atomic E-state index is -1.07. The van der Waals surface area contributed by atoms with Crippen molar-refractivity contribution in [3.05, 3.63) is 71.1 Å². The van der Waals surface area contributed by atoms with E-state index in [1.807, 2.05) is 37.3 Å². The molecule has 0 atom stereocenters. The number of nitrogens with zero attached hydrogens (tertiary/aromatic N) is 1. The summed E-state index contributed by atoms with van der Waals surface area (Å²) in [6.45, 7) is 7.56. The summed E-state index contributed by atoms with van der Waals surface area (Å²) < 4.78 is 16.8. The van der Waals surface area contributed by atoms with Crippen molar-refractivity contribution < 1.29 is 28.6 Å². The zero-order valence-corrected chi connectivity index (χ0v) is 19.4. The number of carbonyl (C=O) groups is 2. The molecule has 0 saturated carbocycles. The summed E-state index contributed by atoms with van der Waals surface area (Å²) in [5.74, 6) is 0.293. The highest BCUT2D eigenvalue weighted by molar-refractivity contribution is 5.90. The summed E-state index contributed by atoms with van der Waals surface area (Å²) in [6.07, 6.45) is 0.898. The number of hydrogen-bond donors (Lipinski definition) is 1. The average molecular weight is 452 g/mol. The Balaban J connectivity index is 1.60. The highest BCUT2D eigenvalue weighted by Crippen LogP contribution is 2.23. The van der Waals surface area contributed by atoms with Crippen LogP contribution in [0.4, 0.5) is 0 Å². The largest absolute Gasteiger partial charge is 0.493 e. The number of aryl methyl sites for hydroxylation is 2. The van der Waals surface area contributed by atoms with Crippen molar-refractivity contribution in [3.63, 3.8) is 0 Å². The summed E-state index contributed by atoms with van der Waals surface area (Å²) in [5.41, 5.74) is 1.79. The first-order valence-electron chi connectivity index (χ1n) is 10.8. The number of ether oxygens (including phenoxy) is 2. The van der Waals surface area contributed by atoms with Crippen LogP contribution in [0.1, 0.15) is 54.6 Å². The van der Waals surface area contributed by atoms with E-state index in [-0.39, 0.29) is 24.4 Å². The van der Waals surface area contributed by atoms with Crippen LogP contribution in [0.2, 0.25) is 0 Å². The molecule has 0 bridgehead atoms. The number of aromatic carboxylic acids is 1. The molecule has 1 heterocycles. The third-order valence-corrected chi connectivity index (χ3v) is 4.85. The molecule has 1 N–H and O–H groups in total. The van der Waals surface area contributed by atoms with Gasteiger partial charge in [-0.05, 0) is 63.9 Å². The zero-order valence-electron chi connectivity index (χ0n) is 19.4. The Morgan fingerprint density at radius 2 is 1.79 bits per heavy atom. The SMILES string of the molecule is Cc1oc(-c2ccccc2)nc1CCOc1ccc(CCC(=O)OC(C)(C)C)c(C(=O)O)c1. The van der Waals surface area contributed by atoms with Crippen LogP contribution in [-0.2, 0) is 22.4 Å². The lowest BCUT2D eigenvalue weighted by atomic mass is 10.0. The van der Waals surface area contributed by atoms with Gasteiger partial charge in [0.2, 0.25) is 5.89 Å². The standard InChI is InChI=1S/C26H29NO6/c1-17-22(27-24(32-17)19-8-6-5-7-9-19)14-15-31-20-12-10-18(21(16-20)25(29)30)11-13-23(28)33-26(2,3)4/h5-10,12,16H,11,13-15H2,1-4H3,(H,29,30). The maximum absolute atomic E-state index is 12.0. The quantitative estimate of drug-likeness (QED) is 0.444. The van der Waals surface area contributed by atoms with Gasteiger partial charge in [-0.25, -0.2) is 9.78 Å². The molecule has 2 aromatic carbocycles. The molecule has 174 valence electrons. The number of oxazole rings is 1. The maximum atomic E-state index is 12.0. The molecule has 7 heteroatoms. The van der Waals surface area contributed by atoms with E-state index < -0.39 is 11.6 Å². The number of rotatable bonds is 9. The average Bonchev–Trinajstić information content (AvgIpc) is 3.12. The second-order valence-corrected chi connectivity index (χ2v) is 8.70. The molecular weight excluding hydrogens is 422 g/mol. The fourth-order valence-electron chi connectivity index (χ4n) is 3.32. The van der Waals surface area contributed by atoms with Crippen LogP contribution in [0.5, 0.6) is 5.75 Å². The van der Waals surface area contributed by atoms with Crippen molar-refractivity contribution >= 4 is 11.9 Å². The molecule has 0 amide bonds. The van der Waals surface area contributed by atoms with Crippen molar-refractivity contribution in [3.8, 4) is 17.2 Å². The lowest BCUT2D eigenvalue weighted by Crippen LogP contribution is -2.24. The molecule has 1 aromatic heterocycles. The zero-order chi connectivity index (χ0) is 24.0. The normalized spacial score (nSPS) is 11.3. The first-order valence-corrected chi connectivity index (χ1v) is 10.8. The Bertz CT molecular complexity index is 1110. The van der Waals surface area contributed by atoms with Gasteiger partial charge < -0.3 is 19.0 Å². The van der Waals surface area contributed by atoms with Crippen molar-refractivity contribution in [1.29, 1.82) is 0 Å². The Morgan fingerprint density at radius 3 is 2.45 bits per heavy atom. The molecule has 0 fully saturated rings. The van der Waals surface area contributed by atoms with Gasteiger partial charge in [-0.1, -0.05) is 24.3 Å². The van der Waals surface area contributed by atoms with Gasteiger partial charge >= 0.3 is 11.9 Å². The van der Waals surface area contributed by atoms with E-state index in [0.29, 0.717) is 30.2 Å². The number of aromatic nitrogens is 1. The van der Waals surface area contributed by atoms with Crippen LogP contribution in [0, 0.1) is 6.92 Å². The third kappa shape index (κ3) is 6.94. The van der Waals surface area contributed by atoms with Crippen LogP contribution in [-0.4, -0.2) is 34.2 Å². The molecule has 33 heavy (non-hydrogen) atoms. The molecule has 0 aliphatic rings. The Kier molecular flexibility index (Phi) is 7.53. The monoisotopic (exact) mass is 451 g/mol. The smallest absolute Gasteiger partial charge is 0.336 e. The number of carbonyl (C=O) groups excluding carboxylic acids is 1. The number of carboxylic acid groups (broad SMARTS) is 1. The highest BCUT2D eigenvalue weighted by Gasteiger charge is 2.18. The van der Waals surface area contributed by atoms with E-state index in [2.05, 4.69) is 4.98 Å². The minimum Gasteiger partial charge on any atom is -0.493 e. The molecule has 0 spiro atoms. The van der Waals surface area contributed by atoms with Gasteiger partial charge in [0.15, 0.2) is 0 Å². The van der Waals surface area contributed by atoms with Crippen molar-refractivity contribution in [2.24, 2.45) is 0 Å². The van der Waals surface area contributed by atoms with E-state index in [1.54, 1.807) is 32.9 Å². The van der Waals surface area contributed by atoms with E-state index in [9.17, 15) is 14.7 Å². The Hall–Kier alpha value is -3.61. The lowest BCUT2D eigenvalue weighted by Gasteiger charge is -2.19. The van der Waals surface area contributed by atoms with Crippen LogP contribution < -0.4 is 4.74 Å². The predicted molar refractivity (Wildman–Crippen MR) is 123 cm³/mol. The summed E-state index contributed by atoms with van der Waals surface area (Å²) in [6, 6.07) is 14.5. The van der Waals surface area contributed by atoms with Crippen LogP contribution in [0.15, 0.2) is 52.9 Å². The molecule has 0 aliphatic heterocycles. The van der Waals surface area contributed by atoms with Gasteiger partial charge in [0.05, 0.1) is 17.9 Å². The summed E-state index contributed by atoms with van der Waals surface area (Å²) in [4.78, 5) is 28.3. The van der Waals surface area contributed by atoms with Crippen LogP contribution in [0.25, 0.3) is 11.5 Å². The molecule has 7 nitrogen and oxygen atoms in total. The molecule has 0 aliphatic carbocycles. The van der Waals surface area contributed by atoms with Crippen LogP contribution in [0.3, 0.4) is 0 Å². The van der Waals surface area contributed by atoms with Gasteiger partial charge in [0.1, 0.15) is 17.1 Å². The Labute approximate surface area is 193 Å². The summed E-state index contributed by atoms with van der Waals surface area (Å²) in [7, 11) is 0. The highest BCUT2D eigenvalue weighted by atomic mass is 16.6. The molecule has 3 aromatic rings. The Morgan fingerprint density at radius 1 is 1.06 bits per heavy atom. The molecule has 0 radical (unpaired) electrons. The number of benzene rings is 2. The fraction of sp³-hybridized carbons (Fsp3) is 0.346. The van der Waals surface area contributed by atoms with Gasteiger partial charge in [0, 0.05) is 18.4 Å². The van der Waals surface area contributed by atoms with E-state index in [0.717, 1.165) is 17.0 Å². The predicted octanol–water partition coefficient (Wildman–Crippen LogP) is 5.24.